The Balaban J connectivity index is 2.33. The molecule has 102 valence electrons. The van der Waals surface area contributed by atoms with Gasteiger partial charge in [0.1, 0.15) is 4.90 Å². The van der Waals surface area contributed by atoms with Crippen molar-refractivity contribution in [2.45, 2.75) is 50.7 Å². The molecule has 1 aromatic rings. The molecule has 18 heavy (non-hydrogen) atoms. The summed E-state index contributed by atoms with van der Waals surface area (Å²) in [5, 5.41) is 11.0. The first-order chi connectivity index (χ1) is 8.28. The Bertz CT molecular complexity index is 542. The minimum Gasteiger partial charge on any atom is -0.391 e. The number of thiophene rings is 1. The van der Waals surface area contributed by atoms with E-state index >= 15 is 0 Å². The molecule has 2 rings (SSSR count). The molecule has 0 atom stereocenters. The summed E-state index contributed by atoms with van der Waals surface area (Å²) in [7, 11) is -3.55. The second-order valence-electron chi connectivity index (χ2n) is 5.43. The predicted molar refractivity (Wildman–Crippen MR) is 72.1 cm³/mol. The van der Waals surface area contributed by atoms with Gasteiger partial charge in [-0.05, 0) is 50.5 Å². The first kappa shape index (κ1) is 14.0. The predicted octanol–water partition coefficient (Wildman–Crippen LogP) is 2.02. The zero-order chi connectivity index (χ0) is 13.6. The molecule has 0 bridgehead atoms. The number of rotatable bonds is 5. The maximum Gasteiger partial charge on any atom is 0.242 e. The van der Waals surface area contributed by atoms with Crippen LogP contribution in [0.15, 0.2) is 10.3 Å². The minimum atomic E-state index is -3.55. The van der Waals surface area contributed by atoms with Gasteiger partial charge in [0.2, 0.25) is 10.0 Å². The number of aliphatic hydroxyl groups is 1. The standard InChI is InChI=1S/C12H19NO3S2/c1-8-7-17-10(6-14)11(8)18(15,16)13-12(2,3)9-4-5-9/h7,9,13-14H,4-6H2,1-3H3. The van der Waals surface area contributed by atoms with Gasteiger partial charge in [0.25, 0.3) is 0 Å². The van der Waals surface area contributed by atoms with Crippen LogP contribution in [0.5, 0.6) is 0 Å². The molecule has 0 spiro atoms. The Morgan fingerprint density at radius 3 is 2.61 bits per heavy atom. The lowest BCUT2D eigenvalue weighted by Crippen LogP contribution is -2.45. The summed E-state index contributed by atoms with van der Waals surface area (Å²) in [4.78, 5) is 0.760. The Morgan fingerprint density at radius 2 is 2.11 bits per heavy atom. The normalized spacial score (nSPS) is 17.1. The van der Waals surface area contributed by atoms with Crippen LogP contribution in [0.2, 0.25) is 0 Å². The summed E-state index contributed by atoms with van der Waals surface area (Å²) in [5.41, 5.74) is 0.281. The number of hydrogen-bond donors (Lipinski definition) is 2. The van der Waals surface area contributed by atoms with Crippen LogP contribution in [-0.4, -0.2) is 19.1 Å². The van der Waals surface area contributed by atoms with E-state index in [-0.39, 0.29) is 11.5 Å². The summed E-state index contributed by atoms with van der Waals surface area (Å²) >= 11 is 1.28. The molecule has 1 aliphatic rings. The van der Waals surface area contributed by atoms with Crippen molar-refractivity contribution in [1.82, 2.24) is 4.72 Å². The molecule has 4 nitrogen and oxygen atoms in total. The quantitative estimate of drug-likeness (QED) is 0.871. The molecule has 0 radical (unpaired) electrons. The molecule has 1 heterocycles. The summed E-state index contributed by atoms with van der Waals surface area (Å²) in [5.74, 6) is 0.420. The van der Waals surface area contributed by atoms with Crippen LogP contribution in [0.4, 0.5) is 0 Å². The first-order valence-corrected chi connectivity index (χ1v) is 8.36. The van der Waals surface area contributed by atoms with Gasteiger partial charge in [-0.3, -0.25) is 0 Å². The van der Waals surface area contributed by atoms with Crippen LogP contribution in [0.3, 0.4) is 0 Å². The number of hydrogen-bond acceptors (Lipinski definition) is 4. The maximum atomic E-state index is 12.4. The molecule has 1 aliphatic carbocycles. The highest BCUT2D eigenvalue weighted by atomic mass is 32.2. The molecule has 0 amide bonds. The molecule has 0 aromatic carbocycles. The maximum absolute atomic E-state index is 12.4. The van der Waals surface area contributed by atoms with Gasteiger partial charge in [-0.15, -0.1) is 11.3 Å². The van der Waals surface area contributed by atoms with Crippen molar-refractivity contribution in [3.63, 3.8) is 0 Å². The van der Waals surface area contributed by atoms with E-state index in [1.165, 1.54) is 11.3 Å². The Kier molecular flexibility index (Phi) is 3.57. The van der Waals surface area contributed by atoms with Gasteiger partial charge in [0.15, 0.2) is 0 Å². The van der Waals surface area contributed by atoms with Gasteiger partial charge in [0.05, 0.1) is 11.5 Å². The van der Waals surface area contributed by atoms with Gasteiger partial charge < -0.3 is 5.11 Å². The molecule has 1 fully saturated rings. The third-order valence-corrected chi connectivity index (χ3v) is 6.52. The molecule has 6 heteroatoms. The third-order valence-electron chi connectivity index (χ3n) is 3.40. The van der Waals surface area contributed by atoms with Gasteiger partial charge in [-0.2, -0.15) is 0 Å². The Hall–Kier alpha value is -0.430. The van der Waals surface area contributed by atoms with Crippen LogP contribution in [0.1, 0.15) is 37.1 Å². The van der Waals surface area contributed by atoms with E-state index in [2.05, 4.69) is 4.72 Å². The van der Waals surface area contributed by atoms with Crippen molar-refractivity contribution in [3.8, 4) is 0 Å². The van der Waals surface area contributed by atoms with Gasteiger partial charge >= 0.3 is 0 Å². The molecular weight excluding hydrogens is 270 g/mol. The number of aliphatic hydroxyl groups excluding tert-OH is 1. The zero-order valence-electron chi connectivity index (χ0n) is 10.9. The molecular formula is C12H19NO3S2. The van der Waals surface area contributed by atoms with Gasteiger partial charge in [-0.1, -0.05) is 0 Å². The van der Waals surface area contributed by atoms with Crippen LogP contribution in [0.25, 0.3) is 0 Å². The fourth-order valence-corrected chi connectivity index (χ4v) is 5.38. The first-order valence-electron chi connectivity index (χ1n) is 6.00. The van der Waals surface area contributed by atoms with Crippen molar-refractivity contribution >= 4 is 21.4 Å². The lowest BCUT2D eigenvalue weighted by atomic mass is 10.0. The average molecular weight is 289 g/mol. The third kappa shape index (κ3) is 2.61. The van der Waals surface area contributed by atoms with E-state index in [9.17, 15) is 13.5 Å². The summed E-state index contributed by atoms with van der Waals surface area (Å²) in [6.45, 7) is 5.36. The van der Waals surface area contributed by atoms with Crippen molar-refractivity contribution < 1.29 is 13.5 Å². The molecule has 0 unspecified atom stereocenters. The topological polar surface area (TPSA) is 66.4 Å². The van der Waals surface area contributed by atoms with E-state index in [1.54, 1.807) is 12.3 Å². The van der Waals surface area contributed by atoms with Gasteiger partial charge in [-0.25, -0.2) is 13.1 Å². The van der Waals surface area contributed by atoms with Crippen LogP contribution in [-0.2, 0) is 16.6 Å². The highest BCUT2D eigenvalue weighted by molar-refractivity contribution is 7.89. The van der Waals surface area contributed by atoms with Crippen molar-refractivity contribution in [3.05, 3.63) is 15.8 Å². The van der Waals surface area contributed by atoms with Crippen LogP contribution < -0.4 is 4.72 Å². The van der Waals surface area contributed by atoms with E-state index < -0.39 is 15.6 Å². The molecule has 1 aromatic heterocycles. The second-order valence-corrected chi connectivity index (χ2v) is 8.01. The molecule has 2 N–H and O–H groups in total. The summed E-state index contributed by atoms with van der Waals surface area (Å²) in [6.07, 6.45) is 2.15. The van der Waals surface area contributed by atoms with Crippen molar-refractivity contribution in [1.29, 1.82) is 0 Å². The number of aryl methyl sites for hydroxylation is 1. The lowest BCUT2D eigenvalue weighted by Gasteiger charge is -2.26. The van der Waals surface area contributed by atoms with E-state index in [1.807, 2.05) is 13.8 Å². The van der Waals surface area contributed by atoms with Crippen molar-refractivity contribution in [2.75, 3.05) is 0 Å². The van der Waals surface area contributed by atoms with Crippen LogP contribution >= 0.6 is 11.3 Å². The highest BCUT2D eigenvalue weighted by Gasteiger charge is 2.41. The Morgan fingerprint density at radius 1 is 1.50 bits per heavy atom. The van der Waals surface area contributed by atoms with Crippen LogP contribution in [0, 0.1) is 12.8 Å². The monoisotopic (exact) mass is 289 g/mol. The summed E-state index contributed by atoms with van der Waals surface area (Å²) in [6, 6.07) is 0. The minimum absolute atomic E-state index is 0.237. The molecule has 0 aliphatic heterocycles. The van der Waals surface area contributed by atoms with E-state index in [4.69, 9.17) is 0 Å². The lowest BCUT2D eigenvalue weighted by molar-refractivity contribution is 0.282. The van der Waals surface area contributed by atoms with E-state index in [0.717, 1.165) is 12.8 Å². The SMILES string of the molecule is Cc1csc(CO)c1S(=O)(=O)NC(C)(C)C1CC1. The average Bonchev–Trinajstić information content (AvgIpc) is 3.01. The van der Waals surface area contributed by atoms with E-state index in [0.29, 0.717) is 16.4 Å². The fourth-order valence-electron chi connectivity index (χ4n) is 2.24. The number of nitrogens with one attached hydrogen (secondary N) is 1. The Labute approximate surface area is 112 Å². The molecule has 0 saturated heterocycles. The second kappa shape index (κ2) is 4.59. The number of sulfonamides is 1. The molecule has 1 saturated carbocycles. The summed E-state index contributed by atoms with van der Waals surface area (Å²) < 4.78 is 27.6. The van der Waals surface area contributed by atoms with Crippen molar-refractivity contribution in [2.24, 2.45) is 5.92 Å². The fraction of sp³-hybridized carbons (Fsp3) is 0.667. The van der Waals surface area contributed by atoms with Gasteiger partial charge in [0, 0.05) is 5.54 Å². The smallest absolute Gasteiger partial charge is 0.242 e. The largest absolute Gasteiger partial charge is 0.391 e. The highest BCUT2D eigenvalue weighted by Crippen LogP contribution is 2.40. The zero-order valence-corrected chi connectivity index (χ0v) is 12.5.